The van der Waals surface area contributed by atoms with Gasteiger partial charge in [0, 0.05) is 5.56 Å². The molecular formula is C14H8N2OS. The predicted molar refractivity (Wildman–Crippen MR) is 72.6 cm³/mol. The normalized spacial score (nSPS) is 11.3. The van der Waals surface area contributed by atoms with Gasteiger partial charge >= 0.3 is 0 Å². The van der Waals surface area contributed by atoms with Crippen molar-refractivity contribution in [3.05, 3.63) is 48.9 Å². The molecule has 0 aliphatic rings. The molecule has 0 bridgehead atoms. The molecule has 0 saturated heterocycles. The van der Waals surface area contributed by atoms with E-state index in [4.69, 9.17) is 4.42 Å². The van der Waals surface area contributed by atoms with Crippen molar-refractivity contribution in [1.29, 1.82) is 0 Å². The molecule has 4 heteroatoms. The highest BCUT2D eigenvalue weighted by Crippen LogP contribution is 2.33. The Bertz CT molecular complexity index is 814. The highest BCUT2D eigenvalue weighted by Gasteiger charge is 2.11. The van der Waals surface area contributed by atoms with Crippen LogP contribution in [0.2, 0.25) is 0 Å². The Balaban J connectivity index is 2.04. The molecule has 0 unspecified atom stereocenters. The molecule has 4 rings (SSSR count). The Kier molecular flexibility index (Phi) is 1.98. The van der Waals surface area contributed by atoms with Crippen LogP contribution in [0.15, 0.2) is 53.3 Å². The topological polar surface area (TPSA) is 38.9 Å². The maximum atomic E-state index is 5.32. The summed E-state index contributed by atoms with van der Waals surface area (Å²) < 4.78 is 6.51. The molecule has 18 heavy (non-hydrogen) atoms. The van der Waals surface area contributed by atoms with Crippen LogP contribution in [0.5, 0.6) is 0 Å². The number of hydrogen-bond acceptors (Lipinski definition) is 4. The third kappa shape index (κ3) is 1.36. The van der Waals surface area contributed by atoms with Gasteiger partial charge in [0.25, 0.3) is 0 Å². The highest BCUT2D eigenvalue weighted by molar-refractivity contribution is 7.21. The van der Waals surface area contributed by atoms with E-state index >= 15 is 0 Å². The van der Waals surface area contributed by atoms with Crippen molar-refractivity contribution in [3.63, 3.8) is 0 Å². The van der Waals surface area contributed by atoms with E-state index in [1.54, 1.807) is 11.3 Å². The number of oxazole rings is 1. The SMILES string of the molecule is c1ccc2sc(-c3cccc4ocnc34)nc2c1. The Hall–Kier alpha value is -2.20. The minimum Gasteiger partial charge on any atom is -0.443 e. The Morgan fingerprint density at radius 2 is 1.94 bits per heavy atom. The van der Waals surface area contributed by atoms with Crippen molar-refractivity contribution in [2.75, 3.05) is 0 Å². The standard InChI is InChI=1S/C14H8N2OS/c1-2-7-12-10(5-1)16-14(18-12)9-4-3-6-11-13(9)15-8-17-11/h1-8H. The van der Waals surface area contributed by atoms with E-state index in [1.165, 1.54) is 11.1 Å². The first kappa shape index (κ1) is 9.79. The smallest absolute Gasteiger partial charge is 0.182 e. The van der Waals surface area contributed by atoms with Gasteiger partial charge in [0.1, 0.15) is 10.5 Å². The predicted octanol–water partition coefficient (Wildman–Crippen LogP) is 4.10. The molecule has 2 aromatic heterocycles. The fourth-order valence-electron chi connectivity index (χ4n) is 2.05. The minimum atomic E-state index is 0.798. The van der Waals surface area contributed by atoms with E-state index in [2.05, 4.69) is 16.0 Å². The van der Waals surface area contributed by atoms with Gasteiger partial charge in [-0.25, -0.2) is 9.97 Å². The zero-order valence-electron chi connectivity index (χ0n) is 9.33. The second-order valence-electron chi connectivity index (χ2n) is 3.99. The van der Waals surface area contributed by atoms with E-state index in [1.807, 2.05) is 36.4 Å². The number of hydrogen-bond donors (Lipinski definition) is 0. The fourth-order valence-corrected chi connectivity index (χ4v) is 3.04. The lowest BCUT2D eigenvalue weighted by molar-refractivity contribution is 0.602. The molecule has 2 aromatic carbocycles. The minimum absolute atomic E-state index is 0.798. The van der Waals surface area contributed by atoms with Crippen LogP contribution in [0, 0.1) is 0 Å². The van der Waals surface area contributed by atoms with Gasteiger partial charge in [0.2, 0.25) is 0 Å². The zero-order chi connectivity index (χ0) is 11.9. The Morgan fingerprint density at radius 1 is 1.00 bits per heavy atom. The summed E-state index contributed by atoms with van der Waals surface area (Å²) in [4.78, 5) is 8.91. The quantitative estimate of drug-likeness (QED) is 0.512. The number of para-hydroxylation sites is 2. The number of nitrogens with zero attached hydrogens (tertiary/aromatic N) is 2. The Labute approximate surface area is 107 Å². The van der Waals surface area contributed by atoms with Crippen LogP contribution >= 0.6 is 11.3 Å². The molecule has 0 fully saturated rings. The van der Waals surface area contributed by atoms with Gasteiger partial charge in [0.15, 0.2) is 12.0 Å². The van der Waals surface area contributed by atoms with E-state index in [9.17, 15) is 0 Å². The van der Waals surface area contributed by atoms with Crippen LogP contribution in [-0.4, -0.2) is 9.97 Å². The van der Waals surface area contributed by atoms with Gasteiger partial charge in [0.05, 0.1) is 10.2 Å². The van der Waals surface area contributed by atoms with Crippen LogP contribution in [0.4, 0.5) is 0 Å². The summed E-state index contributed by atoms with van der Waals surface area (Å²) >= 11 is 1.68. The molecule has 0 aliphatic carbocycles. The number of rotatable bonds is 1. The van der Waals surface area contributed by atoms with Crippen molar-refractivity contribution >= 4 is 32.7 Å². The lowest BCUT2D eigenvalue weighted by Gasteiger charge is -1.95. The molecule has 2 heterocycles. The second kappa shape index (κ2) is 3.65. The third-order valence-corrected chi connectivity index (χ3v) is 3.95. The number of thiazole rings is 1. The first-order valence-corrected chi connectivity index (χ1v) is 6.41. The van der Waals surface area contributed by atoms with Crippen LogP contribution in [0.1, 0.15) is 0 Å². The number of fused-ring (bicyclic) bond motifs is 2. The lowest BCUT2D eigenvalue weighted by Crippen LogP contribution is -1.78. The first-order chi connectivity index (χ1) is 8.92. The van der Waals surface area contributed by atoms with Crippen LogP contribution in [0.25, 0.3) is 31.9 Å². The summed E-state index contributed by atoms with van der Waals surface area (Å²) in [6.45, 7) is 0. The summed E-state index contributed by atoms with van der Waals surface area (Å²) in [5, 5.41) is 0.982. The molecular weight excluding hydrogens is 244 g/mol. The molecule has 4 aromatic rings. The molecule has 86 valence electrons. The van der Waals surface area contributed by atoms with Crippen LogP contribution in [-0.2, 0) is 0 Å². The summed E-state index contributed by atoms with van der Waals surface area (Å²) in [7, 11) is 0. The third-order valence-electron chi connectivity index (χ3n) is 2.88. The van der Waals surface area contributed by atoms with Crippen molar-refractivity contribution < 1.29 is 4.42 Å². The van der Waals surface area contributed by atoms with E-state index < -0.39 is 0 Å². The van der Waals surface area contributed by atoms with Crippen molar-refractivity contribution in [1.82, 2.24) is 9.97 Å². The molecule has 0 aliphatic heterocycles. The van der Waals surface area contributed by atoms with Crippen molar-refractivity contribution in [2.45, 2.75) is 0 Å². The first-order valence-electron chi connectivity index (χ1n) is 5.60. The van der Waals surface area contributed by atoms with Gasteiger partial charge in [-0.15, -0.1) is 11.3 Å². The molecule has 0 radical (unpaired) electrons. The highest BCUT2D eigenvalue weighted by atomic mass is 32.1. The lowest BCUT2D eigenvalue weighted by atomic mass is 10.2. The summed E-state index contributed by atoms with van der Waals surface area (Å²) in [6, 6.07) is 14.1. The van der Waals surface area contributed by atoms with Gasteiger partial charge < -0.3 is 4.42 Å². The van der Waals surface area contributed by atoms with Gasteiger partial charge in [-0.2, -0.15) is 0 Å². The largest absolute Gasteiger partial charge is 0.443 e. The molecule has 0 saturated carbocycles. The Morgan fingerprint density at radius 3 is 2.89 bits per heavy atom. The second-order valence-corrected chi connectivity index (χ2v) is 5.02. The fraction of sp³-hybridized carbons (Fsp3) is 0. The monoisotopic (exact) mass is 252 g/mol. The summed E-state index contributed by atoms with van der Waals surface area (Å²) in [5.74, 6) is 0. The molecule has 0 N–H and O–H groups in total. The average Bonchev–Trinajstić information content (AvgIpc) is 3.04. The maximum Gasteiger partial charge on any atom is 0.182 e. The van der Waals surface area contributed by atoms with E-state index in [-0.39, 0.29) is 0 Å². The van der Waals surface area contributed by atoms with Crippen LogP contribution in [0.3, 0.4) is 0 Å². The van der Waals surface area contributed by atoms with Crippen molar-refractivity contribution in [3.8, 4) is 10.6 Å². The van der Waals surface area contributed by atoms with Crippen molar-refractivity contribution in [2.24, 2.45) is 0 Å². The molecule has 0 amide bonds. The number of benzene rings is 2. The number of aromatic nitrogens is 2. The van der Waals surface area contributed by atoms with Gasteiger partial charge in [-0.05, 0) is 24.3 Å². The van der Waals surface area contributed by atoms with Gasteiger partial charge in [-0.1, -0.05) is 18.2 Å². The molecule has 3 nitrogen and oxygen atoms in total. The maximum absolute atomic E-state index is 5.32. The molecule has 0 spiro atoms. The van der Waals surface area contributed by atoms with E-state index in [0.717, 1.165) is 27.2 Å². The van der Waals surface area contributed by atoms with Crippen LogP contribution < -0.4 is 0 Å². The summed E-state index contributed by atoms with van der Waals surface area (Å²) in [6.07, 6.45) is 1.47. The average molecular weight is 252 g/mol. The van der Waals surface area contributed by atoms with E-state index in [0.29, 0.717) is 0 Å². The molecule has 0 atom stereocenters. The zero-order valence-corrected chi connectivity index (χ0v) is 10.1. The van der Waals surface area contributed by atoms with Gasteiger partial charge in [-0.3, -0.25) is 0 Å². The summed E-state index contributed by atoms with van der Waals surface area (Å²) in [5.41, 5.74) is 3.73.